The van der Waals surface area contributed by atoms with E-state index in [-0.39, 0.29) is 5.79 Å². The number of nitrogens with zero attached hydrogens (tertiary/aromatic N) is 2. The Kier molecular flexibility index (Phi) is 2.71. The van der Waals surface area contributed by atoms with Gasteiger partial charge in [-0.15, -0.1) is 0 Å². The molecule has 17 heavy (non-hydrogen) atoms. The van der Waals surface area contributed by atoms with Crippen LogP contribution in [-0.2, 0) is 9.47 Å². The summed E-state index contributed by atoms with van der Waals surface area (Å²) >= 11 is 0. The topological polar surface area (TPSA) is 36.3 Å². The van der Waals surface area contributed by atoms with E-state index in [1.165, 1.54) is 5.69 Å². The van der Waals surface area contributed by atoms with E-state index in [2.05, 4.69) is 29.7 Å². The van der Waals surface area contributed by atoms with E-state index in [9.17, 15) is 0 Å². The first-order chi connectivity index (χ1) is 8.19. The van der Waals surface area contributed by atoms with Gasteiger partial charge in [0.15, 0.2) is 5.79 Å². The highest BCUT2D eigenvalue weighted by atomic mass is 16.7. The molecule has 2 heterocycles. The number of hydrogen-bond donors (Lipinski definition) is 0. The number of rotatable bonds is 1. The second kappa shape index (κ2) is 4.10. The first kappa shape index (κ1) is 11.2. The van der Waals surface area contributed by atoms with Gasteiger partial charge in [-0.1, -0.05) is 0 Å². The predicted molar refractivity (Wildman–Crippen MR) is 63.8 cm³/mol. The average molecular weight is 236 g/mol. The average Bonchev–Trinajstić information content (AvgIpc) is 2.88. The molecule has 3 rings (SSSR count). The molecule has 94 valence electrons. The molecule has 0 aromatic carbocycles. The van der Waals surface area contributed by atoms with Crippen LogP contribution in [0.25, 0.3) is 0 Å². The third-order valence-electron chi connectivity index (χ3n) is 3.92. The molecule has 0 N–H and O–H groups in total. The summed E-state index contributed by atoms with van der Waals surface area (Å²) in [6.45, 7) is 5.69. The molecule has 2 fully saturated rings. The predicted octanol–water partition coefficient (Wildman–Crippen LogP) is 2.36. The van der Waals surface area contributed by atoms with Crippen molar-refractivity contribution < 1.29 is 9.47 Å². The van der Waals surface area contributed by atoms with Crippen molar-refractivity contribution >= 4 is 0 Å². The highest BCUT2D eigenvalue weighted by molar-refractivity contribution is 5.08. The molecule has 1 saturated carbocycles. The summed E-state index contributed by atoms with van der Waals surface area (Å²) in [4.78, 5) is 0. The van der Waals surface area contributed by atoms with Crippen molar-refractivity contribution in [2.75, 3.05) is 13.2 Å². The number of ether oxygens (including phenoxy) is 2. The maximum absolute atomic E-state index is 5.75. The molecule has 4 nitrogen and oxygen atoms in total. The molecule has 1 aliphatic carbocycles. The lowest BCUT2D eigenvalue weighted by Gasteiger charge is -2.35. The Morgan fingerprint density at radius 2 is 1.88 bits per heavy atom. The van der Waals surface area contributed by atoms with Crippen LogP contribution in [0.3, 0.4) is 0 Å². The molecule has 0 bridgehead atoms. The van der Waals surface area contributed by atoms with Gasteiger partial charge in [0.2, 0.25) is 0 Å². The van der Waals surface area contributed by atoms with Crippen LogP contribution in [0.15, 0.2) is 6.07 Å². The van der Waals surface area contributed by atoms with Gasteiger partial charge >= 0.3 is 0 Å². The Balaban J connectivity index is 1.70. The fourth-order valence-corrected chi connectivity index (χ4v) is 3.09. The Bertz CT molecular complexity index is 398. The lowest BCUT2D eigenvalue weighted by atomic mass is 9.90. The van der Waals surface area contributed by atoms with Crippen LogP contribution in [0.5, 0.6) is 0 Å². The number of aromatic nitrogens is 2. The van der Waals surface area contributed by atoms with Gasteiger partial charge in [0.05, 0.1) is 24.9 Å². The van der Waals surface area contributed by atoms with Crippen molar-refractivity contribution in [3.05, 3.63) is 17.5 Å². The van der Waals surface area contributed by atoms with Crippen molar-refractivity contribution in [1.82, 2.24) is 9.78 Å². The van der Waals surface area contributed by atoms with Gasteiger partial charge in [-0.25, -0.2) is 0 Å². The normalized spacial score (nSPS) is 24.6. The molecule has 1 spiro atoms. The SMILES string of the molecule is Cc1cc(C)n(C2CCC3(CC2)OCCO3)n1. The Hall–Kier alpha value is -0.870. The lowest BCUT2D eigenvalue weighted by molar-refractivity contribution is -0.181. The standard InChI is InChI=1S/C13H20N2O2/c1-10-9-11(2)15(14-10)12-3-5-13(6-4-12)16-7-8-17-13/h9,12H,3-8H2,1-2H3. The molecule has 0 radical (unpaired) electrons. The summed E-state index contributed by atoms with van der Waals surface area (Å²) in [5.41, 5.74) is 2.37. The van der Waals surface area contributed by atoms with E-state index in [1.54, 1.807) is 0 Å². The van der Waals surface area contributed by atoms with Crippen molar-refractivity contribution in [3.63, 3.8) is 0 Å². The molecule has 0 unspecified atom stereocenters. The largest absolute Gasteiger partial charge is 0.348 e. The highest BCUT2D eigenvalue weighted by Crippen LogP contribution is 2.40. The minimum atomic E-state index is -0.257. The molecule has 0 atom stereocenters. The van der Waals surface area contributed by atoms with Gasteiger partial charge in [-0.05, 0) is 32.8 Å². The van der Waals surface area contributed by atoms with Crippen molar-refractivity contribution in [3.8, 4) is 0 Å². The summed E-state index contributed by atoms with van der Waals surface area (Å²) in [6, 6.07) is 2.66. The first-order valence-electron chi connectivity index (χ1n) is 6.49. The van der Waals surface area contributed by atoms with E-state index in [0.29, 0.717) is 6.04 Å². The summed E-state index contributed by atoms with van der Waals surface area (Å²) in [5.74, 6) is -0.257. The van der Waals surface area contributed by atoms with Gasteiger partial charge < -0.3 is 9.47 Å². The van der Waals surface area contributed by atoms with Crippen molar-refractivity contribution in [2.45, 2.75) is 51.4 Å². The van der Waals surface area contributed by atoms with Gasteiger partial charge in [0, 0.05) is 18.5 Å². The molecule has 1 aromatic rings. The molecular weight excluding hydrogens is 216 g/mol. The van der Waals surface area contributed by atoms with E-state index in [0.717, 1.165) is 44.6 Å². The maximum Gasteiger partial charge on any atom is 0.168 e. The van der Waals surface area contributed by atoms with Crippen LogP contribution in [0, 0.1) is 13.8 Å². The van der Waals surface area contributed by atoms with Gasteiger partial charge in [-0.2, -0.15) is 5.10 Å². The molecule has 4 heteroatoms. The smallest absolute Gasteiger partial charge is 0.168 e. The fourth-order valence-electron chi connectivity index (χ4n) is 3.09. The van der Waals surface area contributed by atoms with Crippen molar-refractivity contribution in [2.24, 2.45) is 0 Å². The van der Waals surface area contributed by atoms with E-state index < -0.39 is 0 Å². The molecule has 2 aliphatic rings. The van der Waals surface area contributed by atoms with Crippen LogP contribution < -0.4 is 0 Å². The van der Waals surface area contributed by atoms with Gasteiger partial charge in [0.1, 0.15) is 0 Å². The zero-order chi connectivity index (χ0) is 11.9. The highest BCUT2D eigenvalue weighted by Gasteiger charge is 2.40. The second-order valence-corrected chi connectivity index (χ2v) is 5.21. The third-order valence-corrected chi connectivity index (χ3v) is 3.92. The summed E-state index contributed by atoms with van der Waals surface area (Å²) in [5, 5.41) is 4.58. The Labute approximate surface area is 102 Å². The van der Waals surface area contributed by atoms with E-state index in [4.69, 9.17) is 9.47 Å². The van der Waals surface area contributed by atoms with Crippen molar-refractivity contribution in [1.29, 1.82) is 0 Å². The molecule has 1 aliphatic heterocycles. The maximum atomic E-state index is 5.75. The van der Waals surface area contributed by atoms with Gasteiger partial charge in [-0.3, -0.25) is 4.68 Å². The van der Waals surface area contributed by atoms with E-state index in [1.807, 2.05) is 0 Å². The molecule has 1 aromatic heterocycles. The quantitative estimate of drug-likeness (QED) is 0.751. The van der Waals surface area contributed by atoms with Crippen LogP contribution in [0.4, 0.5) is 0 Å². The second-order valence-electron chi connectivity index (χ2n) is 5.21. The fraction of sp³-hybridized carbons (Fsp3) is 0.769. The third kappa shape index (κ3) is 2.00. The summed E-state index contributed by atoms with van der Waals surface area (Å²) in [7, 11) is 0. The molecule has 0 amide bonds. The monoisotopic (exact) mass is 236 g/mol. The van der Waals surface area contributed by atoms with Crippen LogP contribution in [-0.4, -0.2) is 28.8 Å². The van der Waals surface area contributed by atoms with Gasteiger partial charge in [0.25, 0.3) is 0 Å². The van der Waals surface area contributed by atoms with E-state index >= 15 is 0 Å². The molecular formula is C13H20N2O2. The lowest BCUT2D eigenvalue weighted by Crippen LogP contribution is -2.36. The Morgan fingerprint density at radius 1 is 1.24 bits per heavy atom. The summed E-state index contributed by atoms with van der Waals surface area (Å²) < 4.78 is 13.7. The zero-order valence-corrected chi connectivity index (χ0v) is 10.6. The zero-order valence-electron chi connectivity index (χ0n) is 10.6. The number of aryl methyl sites for hydroxylation is 2. The first-order valence-corrected chi connectivity index (χ1v) is 6.49. The summed E-state index contributed by atoms with van der Waals surface area (Å²) in [6.07, 6.45) is 4.19. The number of hydrogen-bond acceptors (Lipinski definition) is 3. The minimum absolute atomic E-state index is 0.257. The minimum Gasteiger partial charge on any atom is -0.348 e. The molecule has 1 saturated heterocycles. The van der Waals surface area contributed by atoms with Crippen LogP contribution >= 0.6 is 0 Å². The van der Waals surface area contributed by atoms with Crippen LogP contribution in [0.2, 0.25) is 0 Å². The van der Waals surface area contributed by atoms with Crippen LogP contribution in [0.1, 0.15) is 43.1 Å². The Morgan fingerprint density at radius 3 is 2.41 bits per heavy atom.